The molecule has 1 atom stereocenters. The summed E-state index contributed by atoms with van der Waals surface area (Å²) in [6.07, 6.45) is 1.22. The lowest BCUT2D eigenvalue weighted by Gasteiger charge is -2.17. The second kappa shape index (κ2) is 6.71. The van der Waals surface area contributed by atoms with Crippen molar-refractivity contribution in [1.29, 1.82) is 0 Å². The van der Waals surface area contributed by atoms with Gasteiger partial charge in [-0.15, -0.1) is 0 Å². The molecule has 1 unspecified atom stereocenters. The molecule has 0 bridgehead atoms. The highest BCUT2D eigenvalue weighted by atomic mass is 32.2. The molecular formula is C13H19NO4S2. The van der Waals surface area contributed by atoms with Gasteiger partial charge in [0.05, 0.1) is 11.1 Å². The lowest BCUT2D eigenvalue weighted by Crippen LogP contribution is -2.26. The molecule has 112 valence electrons. The Morgan fingerprint density at radius 2 is 1.85 bits per heavy atom. The Labute approximate surface area is 123 Å². The molecule has 0 aliphatic carbocycles. The van der Waals surface area contributed by atoms with Crippen molar-refractivity contribution in [1.82, 2.24) is 0 Å². The molecule has 20 heavy (non-hydrogen) atoms. The Kier molecular flexibility index (Phi) is 5.76. The molecule has 0 amide bonds. The molecular weight excluding hydrogens is 298 g/mol. The summed E-state index contributed by atoms with van der Waals surface area (Å²) in [5.41, 5.74) is 0.964. The molecule has 7 heteroatoms. The van der Waals surface area contributed by atoms with Crippen LogP contribution in [-0.2, 0) is 25.7 Å². The lowest BCUT2D eigenvalue weighted by atomic mass is 10.2. The van der Waals surface area contributed by atoms with Crippen molar-refractivity contribution in [2.24, 2.45) is 4.40 Å². The second-order valence-corrected chi connectivity index (χ2v) is 8.75. The highest BCUT2D eigenvalue weighted by Crippen LogP contribution is 2.16. The number of benzene rings is 1. The van der Waals surface area contributed by atoms with Crippen LogP contribution in [0, 0.1) is 6.92 Å². The van der Waals surface area contributed by atoms with Gasteiger partial charge in [0, 0.05) is 0 Å². The molecule has 0 fully saturated rings. The number of rotatable bonds is 5. The molecule has 0 spiro atoms. The molecule has 0 aliphatic rings. The standard InChI is InChI=1S/C13H19NO4S2/c1-11-5-7-12(8-6-11)20(16,17)18-10-9-14-19(15)13(2,3)4/h5-9H,10H2,1-4H3/b14-9-. The van der Waals surface area contributed by atoms with E-state index >= 15 is 0 Å². The Hall–Kier alpha value is -0.890. The smallest absolute Gasteiger partial charge is 0.297 e. The van der Waals surface area contributed by atoms with E-state index in [9.17, 15) is 13.0 Å². The van der Waals surface area contributed by atoms with Gasteiger partial charge in [0.1, 0.15) is 22.7 Å². The van der Waals surface area contributed by atoms with Gasteiger partial charge in [-0.2, -0.15) is 8.42 Å². The average molecular weight is 317 g/mol. The summed E-state index contributed by atoms with van der Waals surface area (Å²) in [4.78, 5) is 0.0912. The maximum Gasteiger partial charge on any atom is 0.297 e. The molecule has 0 saturated carbocycles. The molecule has 0 N–H and O–H groups in total. The van der Waals surface area contributed by atoms with Gasteiger partial charge in [-0.3, -0.25) is 4.18 Å². The highest BCUT2D eigenvalue weighted by molar-refractivity contribution is 7.91. The van der Waals surface area contributed by atoms with E-state index < -0.39 is 26.2 Å². The van der Waals surface area contributed by atoms with Crippen LogP contribution in [0.4, 0.5) is 0 Å². The normalized spacial score (nSPS) is 14.7. The maximum absolute atomic E-state index is 11.8. The van der Waals surface area contributed by atoms with Crippen LogP contribution in [-0.4, -0.2) is 30.5 Å². The van der Waals surface area contributed by atoms with Crippen molar-refractivity contribution in [3.8, 4) is 0 Å². The summed E-state index contributed by atoms with van der Waals surface area (Å²) in [6, 6.07) is 6.35. The predicted molar refractivity (Wildman–Crippen MR) is 80.7 cm³/mol. The summed E-state index contributed by atoms with van der Waals surface area (Å²) in [7, 11) is -3.80. The largest absolute Gasteiger partial charge is 0.591 e. The van der Waals surface area contributed by atoms with Crippen molar-refractivity contribution in [3.05, 3.63) is 29.8 Å². The Bertz CT molecular complexity index is 559. The van der Waals surface area contributed by atoms with Crippen LogP contribution in [0.1, 0.15) is 26.3 Å². The van der Waals surface area contributed by atoms with Crippen molar-refractivity contribution in [2.75, 3.05) is 6.61 Å². The van der Waals surface area contributed by atoms with E-state index in [0.29, 0.717) is 0 Å². The third kappa shape index (κ3) is 5.24. The third-order valence-electron chi connectivity index (χ3n) is 2.30. The van der Waals surface area contributed by atoms with Gasteiger partial charge in [-0.05, 0) is 39.8 Å². The first kappa shape index (κ1) is 17.2. The topological polar surface area (TPSA) is 78.8 Å². The summed E-state index contributed by atoms with van der Waals surface area (Å²) in [6.45, 7) is 6.98. The quantitative estimate of drug-likeness (QED) is 0.474. The zero-order chi connectivity index (χ0) is 15.4. The van der Waals surface area contributed by atoms with Crippen molar-refractivity contribution in [2.45, 2.75) is 37.3 Å². The number of hydrogen-bond acceptors (Lipinski definition) is 5. The SMILES string of the molecule is Cc1ccc(S(=O)(=O)OC/C=N\[S+]([O-])C(C)(C)C)cc1. The predicted octanol–water partition coefficient (Wildman–Crippen LogP) is 2.23. The van der Waals surface area contributed by atoms with Crippen molar-refractivity contribution >= 4 is 27.7 Å². The molecule has 0 aliphatic heterocycles. The summed E-state index contributed by atoms with van der Waals surface area (Å²) in [5.74, 6) is 0. The van der Waals surface area contributed by atoms with Crippen LogP contribution in [0.25, 0.3) is 0 Å². The number of hydrogen-bond donors (Lipinski definition) is 0. The minimum atomic E-state index is -3.80. The van der Waals surface area contributed by atoms with E-state index in [0.717, 1.165) is 5.56 Å². The molecule has 0 saturated heterocycles. The fourth-order valence-corrected chi connectivity index (χ4v) is 2.51. The van der Waals surface area contributed by atoms with Gasteiger partial charge in [-0.25, -0.2) is 0 Å². The molecule has 0 radical (unpaired) electrons. The first-order valence-corrected chi connectivity index (χ1v) is 8.55. The Morgan fingerprint density at radius 3 is 2.35 bits per heavy atom. The first-order chi connectivity index (χ1) is 9.13. The minimum absolute atomic E-state index is 0.0912. The van der Waals surface area contributed by atoms with E-state index in [-0.39, 0.29) is 11.5 Å². The van der Waals surface area contributed by atoms with E-state index in [1.807, 2.05) is 6.92 Å². The lowest BCUT2D eigenvalue weighted by molar-refractivity contribution is 0.371. The van der Waals surface area contributed by atoms with Gasteiger partial charge in [0.15, 0.2) is 0 Å². The van der Waals surface area contributed by atoms with Crippen LogP contribution in [0.3, 0.4) is 0 Å². The third-order valence-corrected chi connectivity index (χ3v) is 4.99. The molecule has 1 rings (SSSR count). The Balaban J connectivity index is 2.61. The van der Waals surface area contributed by atoms with E-state index in [2.05, 4.69) is 4.40 Å². The number of nitrogens with zero attached hydrogens (tertiary/aromatic N) is 1. The van der Waals surface area contributed by atoms with Crippen LogP contribution >= 0.6 is 0 Å². The van der Waals surface area contributed by atoms with E-state index in [1.165, 1.54) is 18.3 Å². The van der Waals surface area contributed by atoms with Crippen molar-refractivity contribution < 1.29 is 17.2 Å². The zero-order valence-electron chi connectivity index (χ0n) is 12.0. The van der Waals surface area contributed by atoms with Crippen molar-refractivity contribution in [3.63, 3.8) is 0 Å². The van der Waals surface area contributed by atoms with Crippen LogP contribution < -0.4 is 0 Å². The minimum Gasteiger partial charge on any atom is -0.591 e. The van der Waals surface area contributed by atoms with Crippen LogP contribution in [0.5, 0.6) is 0 Å². The Morgan fingerprint density at radius 1 is 1.30 bits per heavy atom. The monoisotopic (exact) mass is 317 g/mol. The zero-order valence-corrected chi connectivity index (χ0v) is 13.6. The molecule has 5 nitrogen and oxygen atoms in total. The van der Waals surface area contributed by atoms with Gasteiger partial charge in [-0.1, -0.05) is 22.1 Å². The van der Waals surface area contributed by atoms with E-state index in [1.54, 1.807) is 32.9 Å². The summed E-state index contributed by atoms with van der Waals surface area (Å²) < 4.78 is 43.3. The number of aryl methyl sites for hydroxylation is 1. The summed E-state index contributed by atoms with van der Waals surface area (Å²) >= 11 is -1.42. The molecule has 1 aromatic carbocycles. The van der Waals surface area contributed by atoms with Gasteiger partial charge < -0.3 is 4.55 Å². The molecule has 0 aromatic heterocycles. The fraction of sp³-hybridized carbons (Fsp3) is 0.462. The molecule has 0 heterocycles. The van der Waals surface area contributed by atoms with Gasteiger partial charge in [0.2, 0.25) is 0 Å². The van der Waals surface area contributed by atoms with Crippen LogP contribution in [0.2, 0.25) is 0 Å². The highest BCUT2D eigenvalue weighted by Gasteiger charge is 2.25. The molecule has 1 aromatic rings. The van der Waals surface area contributed by atoms with Crippen LogP contribution in [0.15, 0.2) is 33.6 Å². The second-order valence-electron chi connectivity index (χ2n) is 5.20. The van der Waals surface area contributed by atoms with E-state index in [4.69, 9.17) is 4.18 Å². The first-order valence-electron chi connectivity index (χ1n) is 6.03. The van der Waals surface area contributed by atoms with Gasteiger partial charge >= 0.3 is 0 Å². The maximum atomic E-state index is 11.8. The average Bonchev–Trinajstić information content (AvgIpc) is 2.33. The fourth-order valence-electron chi connectivity index (χ4n) is 1.15. The summed E-state index contributed by atoms with van der Waals surface area (Å²) in [5, 5.41) is 0. The van der Waals surface area contributed by atoms with Gasteiger partial charge in [0.25, 0.3) is 10.1 Å².